The van der Waals surface area contributed by atoms with Crippen molar-refractivity contribution in [2.75, 3.05) is 0 Å². The molecule has 0 aliphatic carbocycles. The van der Waals surface area contributed by atoms with Gasteiger partial charge in [0.1, 0.15) is 5.54 Å². The van der Waals surface area contributed by atoms with Crippen molar-refractivity contribution in [3.05, 3.63) is 48.2 Å². The van der Waals surface area contributed by atoms with Gasteiger partial charge in [0.25, 0.3) is 5.91 Å². The van der Waals surface area contributed by atoms with E-state index in [1.807, 2.05) is 44.2 Å². The zero-order chi connectivity index (χ0) is 20.5. The Morgan fingerprint density at radius 3 is 2.50 bits per heavy atom. The molecule has 7 nitrogen and oxygen atoms in total. The van der Waals surface area contributed by atoms with Crippen molar-refractivity contribution in [1.82, 2.24) is 20.1 Å². The summed E-state index contributed by atoms with van der Waals surface area (Å²) in [6.07, 6.45) is 1.87. The Labute approximate surface area is 163 Å². The third kappa shape index (κ3) is 3.47. The Kier molecular flexibility index (Phi) is 5.18. The molecule has 2 N–H and O–H groups in total. The molecule has 2 heterocycles. The lowest BCUT2D eigenvalue weighted by Gasteiger charge is -2.24. The number of nitrogens with zero attached hydrogens (tertiary/aromatic N) is 3. The van der Waals surface area contributed by atoms with Gasteiger partial charge in [-0.15, -0.1) is 0 Å². The van der Waals surface area contributed by atoms with Crippen LogP contribution in [-0.4, -0.2) is 37.3 Å². The Bertz CT molecular complexity index is 1030. The second-order valence-corrected chi connectivity index (χ2v) is 7.29. The van der Waals surface area contributed by atoms with Gasteiger partial charge in [-0.3, -0.25) is 4.79 Å². The number of aliphatic carboxylic acids is 1. The molecule has 0 aliphatic rings. The number of carbonyl (C=O) groups is 2. The van der Waals surface area contributed by atoms with Crippen LogP contribution < -0.4 is 5.32 Å². The SMILES string of the molecule is CCC(C)(NC(=O)c1cc(-c2ccccc2)nc2c1cnn2C(C)C)C(=O)O. The van der Waals surface area contributed by atoms with Gasteiger partial charge in [-0.05, 0) is 33.3 Å². The van der Waals surface area contributed by atoms with Gasteiger partial charge in [0.05, 0.1) is 22.8 Å². The molecule has 3 rings (SSSR count). The first-order chi connectivity index (χ1) is 13.3. The molecule has 0 aliphatic heterocycles. The fourth-order valence-corrected chi connectivity index (χ4v) is 2.95. The number of hydrogen-bond donors (Lipinski definition) is 2. The molecular formula is C21H24N4O3. The van der Waals surface area contributed by atoms with Crippen LogP contribution >= 0.6 is 0 Å². The van der Waals surface area contributed by atoms with Gasteiger partial charge in [-0.25, -0.2) is 14.5 Å². The average Bonchev–Trinajstić information content (AvgIpc) is 3.11. The largest absolute Gasteiger partial charge is 0.480 e. The minimum Gasteiger partial charge on any atom is -0.480 e. The van der Waals surface area contributed by atoms with Crippen LogP contribution in [0.5, 0.6) is 0 Å². The highest BCUT2D eigenvalue weighted by molar-refractivity contribution is 6.08. The number of carbonyl (C=O) groups excluding carboxylic acids is 1. The molecule has 0 bridgehead atoms. The van der Waals surface area contributed by atoms with Crippen molar-refractivity contribution >= 4 is 22.9 Å². The van der Waals surface area contributed by atoms with Gasteiger partial charge < -0.3 is 10.4 Å². The lowest BCUT2D eigenvalue weighted by Crippen LogP contribution is -2.51. The fraction of sp³-hybridized carbons (Fsp3) is 0.333. The number of aromatic nitrogens is 3. The molecular weight excluding hydrogens is 356 g/mol. The lowest BCUT2D eigenvalue weighted by atomic mass is 9.98. The van der Waals surface area contributed by atoms with Crippen LogP contribution in [-0.2, 0) is 4.79 Å². The molecule has 0 fully saturated rings. The highest BCUT2D eigenvalue weighted by atomic mass is 16.4. The predicted molar refractivity (Wildman–Crippen MR) is 107 cm³/mol. The number of amides is 1. The highest BCUT2D eigenvalue weighted by Crippen LogP contribution is 2.27. The first-order valence-corrected chi connectivity index (χ1v) is 9.26. The van der Waals surface area contributed by atoms with Crippen molar-refractivity contribution in [1.29, 1.82) is 0 Å². The number of fused-ring (bicyclic) bond motifs is 1. The molecule has 0 radical (unpaired) electrons. The Morgan fingerprint density at radius 2 is 1.93 bits per heavy atom. The maximum Gasteiger partial charge on any atom is 0.329 e. The summed E-state index contributed by atoms with van der Waals surface area (Å²) in [5.41, 5.74) is 1.10. The number of pyridine rings is 1. The summed E-state index contributed by atoms with van der Waals surface area (Å²) < 4.78 is 1.76. The zero-order valence-electron chi connectivity index (χ0n) is 16.4. The molecule has 1 unspecified atom stereocenters. The van der Waals surface area contributed by atoms with Gasteiger partial charge in [0, 0.05) is 11.6 Å². The summed E-state index contributed by atoms with van der Waals surface area (Å²) in [6, 6.07) is 11.3. The summed E-state index contributed by atoms with van der Waals surface area (Å²) >= 11 is 0. The number of carboxylic acid groups (broad SMARTS) is 1. The molecule has 1 amide bonds. The molecule has 7 heteroatoms. The molecule has 0 spiro atoms. The monoisotopic (exact) mass is 380 g/mol. The normalized spacial score (nSPS) is 13.5. The van der Waals surface area contributed by atoms with E-state index in [0.717, 1.165) is 5.56 Å². The minimum atomic E-state index is -1.35. The number of rotatable bonds is 6. The average molecular weight is 380 g/mol. The molecule has 1 atom stereocenters. The van der Waals surface area contributed by atoms with Gasteiger partial charge in [0.2, 0.25) is 0 Å². The van der Waals surface area contributed by atoms with E-state index in [-0.39, 0.29) is 12.5 Å². The summed E-state index contributed by atoms with van der Waals surface area (Å²) in [4.78, 5) is 29.4. The van der Waals surface area contributed by atoms with Crippen molar-refractivity contribution < 1.29 is 14.7 Å². The first kappa shape index (κ1) is 19.5. The molecule has 0 saturated heterocycles. The van der Waals surface area contributed by atoms with E-state index in [9.17, 15) is 14.7 Å². The van der Waals surface area contributed by atoms with Crippen molar-refractivity contribution in [2.24, 2.45) is 0 Å². The van der Waals surface area contributed by atoms with Crippen LogP contribution in [0, 0.1) is 0 Å². The zero-order valence-corrected chi connectivity index (χ0v) is 16.4. The van der Waals surface area contributed by atoms with Crippen LogP contribution in [0.3, 0.4) is 0 Å². The molecule has 2 aromatic heterocycles. The number of nitrogens with one attached hydrogen (secondary N) is 1. The van der Waals surface area contributed by atoms with E-state index in [1.165, 1.54) is 6.92 Å². The van der Waals surface area contributed by atoms with Gasteiger partial charge in [0.15, 0.2) is 5.65 Å². The number of benzene rings is 1. The minimum absolute atomic E-state index is 0.0619. The summed E-state index contributed by atoms with van der Waals surface area (Å²) in [7, 11) is 0. The molecule has 3 aromatic rings. The molecule has 28 heavy (non-hydrogen) atoms. The fourth-order valence-electron chi connectivity index (χ4n) is 2.95. The summed E-state index contributed by atoms with van der Waals surface area (Å²) in [6.45, 7) is 7.20. The topological polar surface area (TPSA) is 97.1 Å². The number of hydrogen-bond acceptors (Lipinski definition) is 4. The van der Waals surface area contributed by atoms with E-state index in [4.69, 9.17) is 4.98 Å². The van der Waals surface area contributed by atoms with E-state index >= 15 is 0 Å². The van der Waals surface area contributed by atoms with Crippen LogP contribution in [0.25, 0.3) is 22.3 Å². The summed E-state index contributed by atoms with van der Waals surface area (Å²) in [5.74, 6) is -1.53. The van der Waals surface area contributed by atoms with Crippen LogP contribution in [0.4, 0.5) is 0 Å². The van der Waals surface area contributed by atoms with Crippen LogP contribution in [0.2, 0.25) is 0 Å². The van der Waals surface area contributed by atoms with E-state index < -0.39 is 17.4 Å². The molecule has 1 aromatic carbocycles. The van der Waals surface area contributed by atoms with Gasteiger partial charge in [-0.2, -0.15) is 5.10 Å². The maximum atomic E-state index is 13.1. The molecule has 0 saturated carbocycles. The van der Waals surface area contributed by atoms with Gasteiger partial charge >= 0.3 is 5.97 Å². The Morgan fingerprint density at radius 1 is 1.25 bits per heavy atom. The van der Waals surface area contributed by atoms with Crippen LogP contribution in [0.1, 0.15) is 50.5 Å². The third-order valence-electron chi connectivity index (χ3n) is 4.94. The maximum absolute atomic E-state index is 13.1. The van der Waals surface area contributed by atoms with Crippen LogP contribution in [0.15, 0.2) is 42.6 Å². The van der Waals surface area contributed by atoms with Crippen molar-refractivity contribution in [3.8, 4) is 11.3 Å². The standard InChI is InChI=1S/C21H24N4O3/c1-5-21(4,20(27)28)24-19(26)15-11-17(14-9-7-6-8-10-14)23-18-16(15)12-22-25(18)13(2)3/h6-13H,5H2,1-4H3,(H,24,26)(H,27,28). The van der Waals surface area contributed by atoms with E-state index in [1.54, 1.807) is 23.9 Å². The van der Waals surface area contributed by atoms with E-state index in [0.29, 0.717) is 22.3 Å². The Balaban J connectivity index is 2.18. The van der Waals surface area contributed by atoms with E-state index in [2.05, 4.69) is 10.4 Å². The smallest absolute Gasteiger partial charge is 0.329 e. The third-order valence-corrected chi connectivity index (χ3v) is 4.94. The predicted octanol–water partition coefficient (Wildman–Crippen LogP) is 3.66. The quantitative estimate of drug-likeness (QED) is 0.680. The second-order valence-electron chi connectivity index (χ2n) is 7.29. The first-order valence-electron chi connectivity index (χ1n) is 9.26. The summed E-state index contributed by atoms with van der Waals surface area (Å²) in [5, 5.41) is 17.1. The molecule has 146 valence electrons. The Hall–Kier alpha value is -3.22. The van der Waals surface area contributed by atoms with Crippen molar-refractivity contribution in [3.63, 3.8) is 0 Å². The van der Waals surface area contributed by atoms with Gasteiger partial charge in [-0.1, -0.05) is 37.3 Å². The highest BCUT2D eigenvalue weighted by Gasteiger charge is 2.34. The lowest BCUT2D eigenvalue weighted by molar-refractivity contribution is -0.143. The second kappa shape index (κ2) is 7.42. The number of carboxylic acids is 1. The van der Waals surface area contributed by atoms with Crippen molar-refractivity contribution in [2.45, 2.75) is 45.7 Å².